The molecule has 4 rings (SSSR count). The van der Waals surface area contributed by atoms with E-state index < -0.39 is 0 Å². The minimum absolute atomic E-state index is 0.439. The summed E-state index contributed by atoms with van der Waals surface area (Å²) in [6.45, 7) is 0. The minimum atomic E-state index is 0.439. The number of nitrogens with one attached hydrogen (secondary N) is 1. The second-order valence-electron chi connectivity index (χ2n) is 6.03. The molecule has 0 aliphatic heterocycles. The van der Waals surface area contributed by atoms with Crippen molar-refractivity contribution in [3.05, 3.63) is 41.1 Å². The third-order valence-corrected chi connectivity index (χ3v) is 4.83. The van der Waals surface area contributed by atoms with E-state index >= 15 is 0 Å². The summed E-state index contributed by atoms with van der Waals surface area (Å²) in [4.78, 5) is 0. The van der Waals surface area contributed by atoms with Crippen molar-refractivity contribution in [3.63, 3.8) is 0 Å². The van der Waals surface area contributed by atoms with Crippen LogP contribution in [-0.2, 0) is 19.9 Å². The summed E-state index contributed by atoms with van der Waals surface area (Å²) in [6, 6.07) is 3.02. The monoisotopic (exact) mass is 271 g/mol. The molecule has 20 heavy (non-hydrogen) atoms. The summed E-state index contributed by atoms with van der Waals surface area (Å²) < 4.78 is 7.63. The van der Waals surface area contributed by atoms with E-state index in [1.54, 1.807) is 0 Å². The maximum Gasteiger partial charge on any atom is 0.108 e. The molecule has 0 bridgehead atoms. The third-order valence-electron chi connectivity index (χ3n) is 4.83. The molecule has 0 aromatic carbocycles. The van der Waals surface area contributed by atoms with Gasteiger partial charge in [0.2, 0.25) is 0 Å². The van der Waals surface area contributed by atoms with Gasteiger partial charge in [-0.1, -0.05) is 0 Å². The Morgan fingerprint density at radius 3 is 2.90 bits per heavy atom. The quantitative estimate of drug-likeness (QED) is 0.913. The SMILES string of the molecule is Cn1ncc2c1CCCC2NC1CCCc2occc21. The third kappa shape index (κ3) is 1.90. The van der Waals surface area contributed by atoms with Crippen molar-refractivity contribution >= 4 is 0 Å². The van der Waals surface area contributed by atoms with E-state index in [0.717, 1.165) is 12.8 Å². The molecule has 1 N–H and O–H groups in total. The van der Waals surface area contributed by atoms with Gasteiger partial charge in [0, 0.05) is 42.4 Å². The van der Waals surface area contributed by atoms with Crippen LogP contribution in [0.3, 0.4) is 0 Å². The Hall–Kier alpha value is -1.55. The van der Waals surface area contributed by atoms with Gasteiger partial charge in [-0.2, -0.15) is 5.10 Å². The lowest BCUT2D eigenvalue weighted by molar-refractivity contribution is 0.352. The van der Waals surface area contributed by atoms with Gasteiger partial charge in [0.1, 0.15) is 5.76 Å². The molecule has 2 heterocycles. The number of aryl methyl sites for hydroxylation is 2. The van der Waals surface area contributed by atoms with E-state index in [1.807, 2.05) is 17.1 Å². The molecular weight excluding hydrogens is 250 g/mol. The zero-order chi connectivity index (χ0) is 13.5. The van der Waals surface area contributed by atoms with Crippen molar-refractivity contribution < 1.29 is 4.42 Å². The first-order chi connectivity index (χ1) is 9.83. The van der Waals surface area contributed by atoms with Crippen LogP contribution in [0.15, 0.2) is 22.9 Å². The fourth-order valence-electron chi connectivity index (χ4n) is 3.78. The highest BCUT2D eigenvalue weighted by molar-refractivity contribution is 5.28. The fourth-order valence-corrected chi connectivity index (χ4v) is 3.78. The van der Waals surface area contributed by atoms with Crippen LogP contribution < -0.4 is 5.32 Å². The lowest BCUT2D eigenvalue weighted by Crippen LogP contribution is -2.30. The van der Waals surface area contributed by atoms with Crippen LogP contribution in [0.4, 0.5) is 0 Å². The molecule has 0 spiro atoms. The van der Waals surface area contributed by atoms with Gasteiger partial charge in [-0.3, -0.25) is 4.68 Å². The number of furan rings is 1. The van der Waals surface area contributed by atoms with Crippen LogP contribution in [0.25, 0.3) is 0 Å². The number of fused-ring (bicyclic) bond motifs is 2. The van der Waals surface area contributed by atoms with Crippen LogP contribution in [0, 0.1) is 0 Å². The van der Waals surface area contributed by atoms with Crippen molar-refractivity contribution in [1.29, 1.82) is 0 Å². The highest BCUT2D eigenvalue weighted by Crippen LogP contribution is 2.36. The molecule has 2 unspecified atom stereocenters. The average Bonchev–Trinajstić information content (AvgIpc) is 3.08. The summed E-state index contributed by atoms with van der Waals surface area (Å²) in [5.74, 6) is 1.18. The van der Waals surface area contributed by atoms with Gasteiger partial charge in [-0.25, -0.2) is 0 Å². The van der Waals surface area contributed by atoms with Crippen molar-refractivity contribution in [2.75, 3.05) is 0 Å². The molecule has 4 nitrogen and oxygen atoms in total. The molecule has 106 valence electrons. The normalized spacial score (nSPS) is 25.2. The van der Waals surface area contributed by atoms with E-state index in [1.165, 1.54) is 48.3 Å². The second-order valence-corrected chi connectivity index (χ2v) is 6.03. The molecule has 0 radical (unpaired) electrons. The van der Waals surface area contributed by atoms with E-state index in [-0.39, 0.29) is 0 Å². The van der Waals surface area contributed by atoms with E-state index in [4.69, 9.17) is 4.42 Å². The van der Waals surface area contributed by atoms with Crippen molar-refractivity contribution in [1.82, 2.24) is 15.1 Å². The van der Waals surface area contributed by atoms with Gasteiger partial charge >= 0.3 is 0 Å². The summed E-state index contributed by atoms with van der Waals surface area (Å²) in [7, 11) is 2.05. The molecule has 0 fully saturated rings. The van der Waals surface area contributed by atoms with Gasteiger partial charge in [0.05, 0.1) is 12.5 Å². The second kappa shape index (κ2) is 4.77. The predicted molar refractivity (Wildman–Crippen MR) is 76.4 cm³/mol. The molecule has 2 aromatic heterocycles. The summed E-state index contributed by atoms with van der Waals surface area (Å²) in [5, 5.41) is 8.29. The Morgan fingerprint density at radius 2 is 2.00 bits per heavy atom. The van der Waals surface area contributed by atoms with Crippen LogP contribution in [0.5, 0.6) is 0 Å². The highest BCUT2D eigenvalue weighted by Gasteiger charge is 2.29. The first-order valence-corrected chi connectivity index (χ1v) is 7.66. The van der Waals surface area contributed by atoms with Crippen LogP contribution >= 0.6 is 0 Å². The Labute approximate surface area is 119 Å². The zero-order valence-electron chi connectivity index (χ0n) is 11.9. The topological polar surface area (TPSA) is 43.0 Å². The fraction of sp³-hybridized carbons (Fsp3) is 0.562. The summed E-state index contributed by atoms with van der Waals surface area (Å²) in [6.07, 6.45) is 11.0. The largest absolute Gasteiger partial charge is 0.469 e. The number of rotatable bonds is 2. The van der Waals surface area contributed by atoms with Gasteiger partial charge in [-0.15, -0.1) is 0 Å². The number of nitrogens with zero attached hydrogens (tertiary/aromatic N) is 2. The standard InChI is InChI=1S/C16H21N3O/c1-19-15-6-2-4-14(12(15)10-17-19)18-13-5-3-7-16-11(13)8-9-20-16/h8-10,13-14,18H,2-7H2,1H3. The molecule has 0 saturated carbocycles. The van der Waals surface area contributed by atoms with E-state index in [2.05, 4.69) is 23.5 Å². The lowest BCUT2D eigenvalue weighted by Gasteiger charge is -2.30. The Bertz CT molecular complexity index is 613. The molecule has 2 aliphatic carbocycles. The lowest BCUT2D eigenvalue weighted by atomic mass is 9.88. The van der Waals surface area contributed by atoms with Crippen molar-refractivity contribution in [2.24, 2.45) is 7.05 Å². The first-order valence-electron chi connectivity index (χ1n) is 7.66. The van der Waals surface area contributed by atoms with Gasteiger partial charge in [-0.05, 0) is 38.2 Å². The van der Waals surface area contributed by atoms with E-state index in [0.29, 0.717) is 12.1 Å². The van der Waals surface area contributed by atoms with Gasteiger partial charge < -0.3 is 9.73 Å². The highest BCUT2D eigenvalue weighted by atomic mass is 16.3. The molecule has 2 aliphatic rings. The maximum absolute atomic E-state index is 5.59. The number of hydrogen-bond donors (Lipinski definition) is 1. The van der Waals surface area contributed by atoms with Crippen LogP contribution in [0.2, 0.25) is 0 Å². The molecule has 0 amide bonds. The molecule has 4 heteroatoms. The number of aromatic nitrogens is 2. The molecule has 0 saturated heterocycles. The Morgan fingerprint density at radius 1 is 1.20 bits per heavy atom. The average molecular weight is 271 g/mol. The zero-order valence-corrected chi connectivity index (χ0v) is 11.9. The van der Waals surface area contributed by atoms with Gasteiger partial charge in [0.15, 0.2) is 0 Å². The Kier molecular flexibility index (Phi) is 2.91. The summed E-state index contributed by atoms with van der Waals surface area (Å²) in [5.41, 5.74) is 4.17. The Balaban J connectivity index is 1.59. The first kappa shape index (κ1) is 12.2. The minimum Gasteiger partial charge on any atom is -0.469 e. The molecule has 2 aromatic rings. The number of hydrogen-bond acceptors (Lipinski definition) is 3. The molecule has 2 atom stereocenters. The predicted octanol–water partition coefficient (Wildman–Crippen LogP) is 3.06. The van der Waals surface area contributed by atoms with Crippen LogP contribution in [-0.4, -0.2) is 9.78 Å². The van der Waals surface area contributed by atoms with Gasteiger partial charge in [0.25, 0.3) is 0 Å². The van der Waals surface area contributed by atoms with Crippen molar-refractivity contribution in [3.8, 4) is 0 Å². The van der Waals surface area contributed by atoms with Crippen LogP contribution in [0.1, 0.15) is 60.3 Å². The molecular formula is C16H21N3O. The van der Waals surface area contributed by atoms with E-state index in [9.17, 15) is 0 Å². The smallest absolute Gasteiger partial charge is 0.108 e. The summed E-state index contributed by atoms with van der Waals surface area (Å²) >= 11 is 0. The van der Waals surface area contributed by atoms with Crippen molar-refractivity contribution in [2.45, 2.75) is 50.6 Å². The maximum atomic E-state index is 5.59.